The number of hydrogen-bond acceptors (Lipinski definition) is 13. The number of piperazine rings is 1. The minimum absolute atomic E-state index is 0.0254. The fraction of sp³-hybridized carbons (Fsp3) is 0.500. The maximum atomic E-state index is 13.9. The van der Waals surface area contributed by atoms with Gasteiger partial charge in [0, 0.05) is 39.5 Å². The number of aliphatic hydroxyl groups is 1. The van der Waals surface area contributed by atoms with Crippen LogP contribution in [0.15, 0.2) is 22.5 Å². The number of allylic oxidation sites excluding steroid dienone is 2. The molecule has 0 radical (unpaired) electrons. The van der Waals surface area contributed by atoms with Gasteiger partial charge in [-0.1, -0.05) is 0 Å². The molecule has 7 rings (SSSR count). The third kappa shape index (κ3) is 3.34. The number of thioether (sulfide) groups is 1. The van der Waals surface area contributed by atoms with Crippen LogP contribution in [0.3, 0.4) is 0 Å². The topological polar surface area (TPSA) is 152 Å². The number of methoxy groups -OCH3 is 1. The van der Waals surface area contributed by atoms with Crippen molar-refractivity contribution in [2.75, 3.05) is 33.3 Å². The zero-order valence-corrected chi connectivity index (χ0v) is 23.6. The van der Waals surface area contributed by atoms with Crippen LogP contribution in [0.4, 0.5) is 0 Å². The van der Waals surface area contributed by atoms with Crippen molar-refractivity contribution in [2.45, 2.75) is 55.9 Å². The molecule has 6 atom stereocenters. The number of fused-ring (bicyclic) bond motifs is 8. The number of aromatic hydroxyl groups is 1. The maximum Gasteiger partial charge on any atom is 0.375 e. The molecule has 5 heterocycles. The number of carbonyl (C=O) groups excluding carboxylic acids is 4. The van der Waals surface area contributed by atoms with Crippen LogP contribution in [-0.4, -0.2) is 101 Å². The molecular weight excluding hydrogens is 556 g/mol. The zero-order valence-electron chi connectivity index (χ0n) is 22.8. The Morgan fingerprint density at radius 2 is 1.76 bits per heavy atom. The fourth-order valence-electron chi connectivity index (χ4n) is 7.45. The van der Waals surface area contributed by atoms with E-state index in [2.05, 4.69) is 0 Å². The molecular formula is C28H28N2O10S. The molecule has 1 aromatic carbocycles. The molecule has 5 aliphatic heterocycles. The highest BCUT2D eigenvalue weighted by Crippen LogP contribution is 2.61. The van der Waals surface area contributed by atoms with Crippen LogP contribution in [0.1, 0.15) is 41.3 Å². The largest absolute Gasteiger partial charge is 0.507 e. The van der Waals surface area contributed by atoms with E-state index >= 15 is 0 Å². The van der Waals surface area contributed by atoms with Crippen molar-refractivity contribution in [1.29, 1.82) is 0 Å². The molecule has 3 unspecified atom stereocenters. The quantitative estimate of drug-likeness (QED) is 0.273. The number of carbonyl (C=O) groups is 4. The first-order chi connectivity index (χ1) is 19.6. The number of benzene rings is 1. The van der Waals surface area contributed by atoms with Crippen LogP contribution in [0.2, 0.25) is 0 Å². The summed E-state index contributed by atoms with van der Waals surface area (Å²) in [7, 11) is 3.14. The lowest BCUT2D eigenvalue weighted by atomic mass is 9.70. The second-order valence-corrected chi connectivity index (χ2v) is 12.2. The summed E-state index contributed by atoms with van der Waals surface area (Å²) in [4.78, 5) is 56.4. The second-order valence-electron chi connectivity index (χ2n) is 11.1. The molecule has 12 nitrogen and oxygen atoms in total. The Labute approximate surface area is 238 Å². The minimum Gasteiger partial charge on any atom is -0.507 e. The Morgan fingerprint density at radius 1 is 1.02 bits per heavy atom. The first-order valence-electron chi connectivity index (χ1n) is 13.3. The highest BCUT2D eigenvalue weighted by atomic mass is 32.2. The van der Waals surface area contributed by atoms with E-state index in [4.69, 9.17) is 18.9 Å². The minimum atomic E-state index is -1.16. The van der Waals surface area contributed by atoms with Gasteiger partial charge in [-0.2, -0.15) is 0 Å². The number of cyclic esters (lactones) is 1. The van der Waals surface area contributed by atoms with E-state index in [1.165, 1.54) is 7.11 Å². The van der Waals surface area contributed by atoms with E-state index in [1.54, 1.807) is 25.8 Å². The number of phenols is 1. The van der Waals surface area contributed by atoms with Crippen LogP contribution in [0.5, 0.6) is 17.2 Å². The van der Waals surface area contributed by atoms with E-state index in [9.17, 15) is 29.4 Å². The number of likely N-dealkylation sites (N-methyl/N-ethyl adjacent to an activating group) is 1. The van der Waals surface area contributed by atoms with Crippen LogP contribution in [-0.2, 0) is 28.7 Å². The lowest BCUT2D eigenvalue weighted by Crippen LogP contribution is -2.73. The van der Waals surface area contributed by atoms with Gasteiger partial charge in [0.05, 0.1) is 36.2 Å². The van der Waals surface area contributed by atoms with Gasteiger partial charge in [0.2, 0.25) is 18.4 Å². The smallest absolute Gasteiger partial charge is 0.375 e. The molecule has 41 heavy (non-hydrogen) atoms. The van der Waals surface area contributed by atoms with Crippen molar-refractivity contribution in [3.05, 3.63) is 39.2 Å². The first kappa shape index (κ1) is 26.5. The van der Waals surface area contributed by atoms with E-state index in [0.717, 1.165) is 11.8 Å². The third-order valence-electron chi connectivity index (χ3n) is 9.30. The summed E-state index contributed by atoms with van der Waals surface area (Å²) in [6, 6.07) is -2.87. The number of Topliss-reactive ketones (excluding diaryl/α,β-unsaturated/α-hetero) is 3. The van der Waals surface area contributed by atoms with Gasteiger partial charge in [0.1, 0.15) is 18.6 Å². The number of rotatable bonds is 1. The predicted molar refractivity (Wildman–Crippen MR) is 141 cm³/mol. The summed E-state index contributed by atoms with van der Waals surface area (Å²) >= 11 is 1.12. The predicted octanol–water partition coefficient (Wildman–Crippen LogP) is 0.828. The monoisotopic (exact) mass is 584 g/mol. The molecule has 0 amide bonds. The average molecular weight is 585 g/mol. The first-order valence-corrected chi connectivity index (χ1v) is 14.3. The average Bonchev–Trinajstić information content (AvgIpc) is 3.44. The van der Waals surface area contributed by atoms with Crippen molar-refractivity contribution < 1.29 is 48.3 Å². The van der Waals surface area contributed by atoms with Gasteiger partial charge >= 0.3 is 5.97 Å². The zero-order chi connectivity index (χ0) is 29.1. The molecule has 1 aliphatic carbocycles. The normalized spacial score (nSPS) is 33.0. The molecule has 0 spiro atoms. The Balaban J connectivity index is 1.51. The van der Waals surface area contributed by atoms with Gasteiger partial charge in [-0.05, 0) is 27.3 Å². The Hall–Kier alpha value is -3.39. The molecule has 0 aromatic heterocycles. The van der Waals surface area contributed by atoms with Gasteiger partial charge < -0.3 is 29.2 Å². The molecule has 1 aromatic rings. The SMILES string of the molecule is COC1=C(C)C(=O)C2=C(C1=O)C1C3[C@@H]4SCC(=O)C(=O)OC[C@@H](c5c6c(c(C)c(O)c54)OCO6)N3[C@@H](O)C(C2)N1C. The van der Waals surface area contributed by atoms with Crippen LogP contribution >= 0.6 is 11.8 Å². The lowest BCUT2D eigenvalue weighted by Gasteiger charge is -2.62. The van der Waals surface area contributed by atoms with Crippen molar-refractivity contribution in [2.24, 2.45) is 0 Å². The molecule has 2 fully saturated rings. The van der Waals surface area contributed by atoms with Crippen molar-refractivity contribution in [1.82, 2.24) is 9.80 Å². The fourth-order valence-corrected chi connectivity index (χ4v) is 8.79. The van der Waals surface area contributed by atoms with E-state index in [1.807, 2.05) is 4.90 Å². The summed E-state index contributed by atoms with van der Waals surface area (Å²) in [5.41, 5.74) is 2.26. The Morgan fingerprint density at radius 3 is 2.49 bits per heavy atom. The summed E-state index contributed by atoms with van der Waals surface area (Å²) in [6.07, 6.45) is -1.04. The van der Waals surface area contributed by atoms with Gasteiger partial charge in [-0.25, -0.2) is 4.79 Å². The van der Waals surface area contributed by atoms with E-state index < -0.39 is 53.2 Å². The molecule has 2 N–H and O–H groups in total. The van der Waals surface area contributed by atoms with Crippen LogP contribution in [0, 0.1) is 6.92 Å². The van der Waals surface area contributed by atoms with Crippen LogP contribution in [0.25, 0.3) is 0 Å². The molecule has 216 valence electrons. The van der Waals surface area contributed by atoms with E-state index in [0.29, 0.717) is 33.8 Å². The molecule has 4 bridgehead atoms. The van der Waals surface area contributed by atoms with Crippen molar-refractivity contribution in [3.63, 3.8) is 0 Å². The highest BCUT2D eigenvalue weighted by molar-refractivity contribution is 8.00. The number of ketones is 3. The second kappa shape index (κ2) is 9.05. The highest BCUT2D eigenvalue weighted by Gasteiger charge is 2.61. The van der Waals surface area contributed by atoms with Crippen LogP contribution < -0.4 is 9.47 Å². The van der Waals surface area contributed by atoms with E-state index in [-0.39, 0.29) is 54.0 Å². The number of ether oxygens (including phenoxy) is 4. The number of phenolic OH excluding ortho intramolecular Hbond substituents is 1. The number of nitrogens with zero attached hydrogens (tertiary/aromatic N) is 2. The molecule has 2 saturated heterocycles. The Kier molecular flexibility index (Phi) is 5.85. The van der Waals surface area contributed by atoms with Crippen molar-refractivity contribution in [3.8, 4) is 17.2 Å². The maximum absolute atomic E-state index is 13.9. The van der Waals surface area contributed by atoms with Gasteiger partial charge in [0.25, 0.3) is 0 Å². The molecule has 13 heteroatoms. The summed E-state index contributed by atoms with van der Waals surface area (Å²) in [5, 5.41) is 22.9. The van der Waals surface area contributed by atoms with Crippen molar-refractivity contribution >= 4 is 35.1 Å². The summed E-state index contributed by atoms with van der Waals surface area (Å²) in [5.74, 6) is -2.03. The third-order valence-corrected chi connectivity index (χ3v) is 10.6. The van der Waals surface area contributed by atoms with Gasteiger partial charge in [-0.15, -0.1) is 11.8 Å². The lowest BCUT2D eigenvalue weighted by molar-refractivity contribution is -0.179. The summed E-state index contributed by atoms with van der Waals surface area (Å²) in [6.45, 7) is 2.86. The Bertz CT molecular complexity index is 1530. The molecule has 6 aliphatic rings. The summed E-state index contributed by atoms with van der Waals surface area (Å²) < 4.78 is 22.4. The number of hydrogen-bond donors (Lipinski definition) is 2. The standard InChI is InChI=1S/C28H28N2O10S/c1-9-20(32)11-5-12-27(35)30-13-6-38-28(36)14(31)7-41-26(17-16(13)25-24(39-8-40-25)10(2)21(17)33)19(30)18(29(12)3)15(11)22(34)23(9)37-4/h12-13,18-19,26-27,33,35H,5-8H2,1-4H3/t12?,13-,18?,19?,26+,27-/m0/s1. The number of aliphatic hydroxyl groups excluding tert-OH is 1. The van der Waals surface area contributed by atoms with Gasteiger partial charge in [-0.3, -0.25) is 24.2 Å². The molecule has 0 saturated carbocycles. The number of esters is 1. The van der Waals surface area contributed by atoms with Gasteiger partial charge in [0.15, 0.2) is 23.0 Å².